The van der Waals surface area contributed by atoms with E-state index in [9.17, 15) is 0 Å². The molecule has 2 rings (SSSR count). The molecule has 0 amide bonds. The van der Waals surface area contributed by atoms with E-state index in [2.05, 4.69) is 53.5 Å². The number of hydrogen-bond donors (Lipinski definition) is 2. The minimum absolute atomic E-state index is 0.246. The molecule has 0 radical (unpaired) electrons. The summed E-state index contributed by atoms with van der Waals surface area (Å²) in [4.78, 5) is 11.6. The molecule has 2 aromatic heterocycles. The first kappa shape index (κ1) is 14.8. The van der Waals surface area contributed by atoms with E-state index in [1.165, 1.54) is 9.75 Å². The molecule has 1 unspecified atom stereocenters. The van der Waals surface area contributed by atoms with Crippen molar-refractivity contribution in [2.45, 2.75) is 40.7 Å². The fourth-order valence-corrected chi connectivity index (χ4v) is 2.95. The van der Waals surface area contributed by atoms with Crippen LogP contribution in [-0.2, 0) is 0 Å². The highest BCUT2D eigenvalue weighted by molar-refractivity contribution is 7.12. The van der Waals surface area contributed by atoms with Crippen molar-refractivity contribution < 1.29 is 0 Å². The molecular weight excluding hydrogens is 268 g/mol. The first-order valence-electron chi connectivity index (χ1n) is 6.93. The molecule has 0 saturated heterocycles. The average Bonchev–Trinajstić information content (AvgIpc) is 2.82. The van der Waals surface area contributed by atoms with Crippen LogP contribution < -0.4 is 10.6 Å². The molecule has 0 aromatic carbocycles. The van der Waals surface area contributed by atoms with Gasteiger partial charge in [-0.1, -0.05) is 0 Å². The fourth-order valence-electron chi connectivity index (χ4n) is 2.07. The van der Waals surface area contributed by atoms with Crippen LogP contribution in [0.1, 0.15) is 41.0 Å². The Morgan fingerprint density at radius 1 is 1.15 bits per heavy atom. The van der Waals surface area contributed by atoms with Gasteiger partial charge in [0.2, 0.25) is 0 Å². The summed E-state index contributed by atoms with van der Waals surface area (Å²) in [5.74, 6) is 2.60. The lowest BCUT2D eigenvalue weighted by atomic mass is 10.2. The van der Waals surface area contributed by atoms with Crippen molar-refractivity contribution in [1.29, 1.82) is 0 Å². The zero-order chi connectivity index (χ0) is 14.7. The van der Waals surface area contributed by atoms with Gasteiger partial charge < -0.3 is 10.6 Å². The van der Waals surface area contributed by atoms with Gasteiger partial charge in [0.05, 0.1) is 6.04 Å². The maximum atomic E-state index is 4.53. The van der Waals surface area contributed by atoms with Crippen molar-refractivity contribution in [1.82, 2.24) is 9.97 Å². The predicted molar refractivity (Wildman–Crippen MR) is 86.8 cm³/mol. The molecule has 0 aliphatic rings. The smallest absolute Gasteiger partial charge is 0.135 e. The van der Waals surface area contributed by atoms with Gasteiger partial charge in [0.15, 0.2) is 0 Å². The SMILES string of the molecule is CCNc1nc(C)nc(NC(C)c2ccc(C)s2)c1C. The molecule has 0 bridgehead atoms. The van der Waals surface area contributed by atoms with Crippen LogP contribution in [0, 0.1) is 20.8 Å². The number of rotatable bonds is 5. The highest BCUT2D eigenvalue weighted by Gasteiger charge is 2.13. The number of anilines is 2. The average molecular weight is 290 g/mol. The minimum Gasteiger partial charge on any atom is -0.370 e. The molecule has 0 fully saturated rings. The van der Waals surface area contributed by atoms with Gasteiger partial charge in [-0.25, -0.2) is 9.97 Å². The summed E-state index contributed by atoms with van der Waals surface area (Å²) in [5, 5.41) is 6.78. The van der Waals surface area contributed by atoms with E-state index >= 15 is 0 Å². The third-order valence-electron chi connectivity index (χ3n) is 3.14. The molecular formula is C15H22N4S. The monoisotopic (exact) mass is 290 g/mol. The van der Waals surface area contributed by atoms with Crippen LogP contribution >= 0.6 is 11.3 Å². The number of aryl methyl sites for hydroxylation is 2. The molecule has 1 atom stereocenters. The normalized spacial score (nSPS) is 12.2. The Morgan fingerprint density at radius 3 is 2.45 bits per heavy atom. The quantitative estimate of drug-likeness (QED) is 0.871. The molecule has 4 nitrogen and oxygen atoms in total. The summed E-state index contributed by atoms with van der Waals surface area (Å²) in [7, 11) is 0. The van der Waals surface area contributed by atoms with E-state index in [4.69, 9.17) is 0 Å². The number of nitrogens with zero attached hydrogens (tertiary/aromatic N) is 2. The first-order valence-corrected chi connectivity index (χ1v) is 7.75. The molecule has 5 heteroatoms. The molecule has 2 aromatic rings. The third-order valence-corrected chi connectivity index (χ3v) is 4.33. The van der Waals surface area contributed by atoms with Gasteiger partial charge in [0.25, 0.3) is 0 Å². The Morgan fingerprint density at radius 2 is 1.85 bits per heavy atom. The molecule has 0 aliphatic carbocycles. The van der Waals surface area contributed by atoms with E-state index in [-0.39, 0.29) is 6.04 Å². The largest absolute Gasteiger partial charge is 0.370 e. The highest BCUT2D eigenvalue weighted by atomic mass is 32.1. The first-order chi connectivity index (χ1) is 9.51. The van der Waals surface area contributed by atoms with Gasteiger partial charge in [-0.2, -0.15) is 0 Å². The lowest BCUT2D eigenvalue weighted by Crippen LogP contribution is -2.12. The van der Waals surface area contributed by atoms with E-state index in [0.717, 1.165) is 29.6 Å². The van der Waals surface area contributed by atoms with Gasteiger partial charge >= 0.3 is 0 Å². The maximum Gasteiger partial charge on any atom is 0.135 e. The van der Waals surface area contributed by atoms with E-state index < -0.39 is 0 Å². The highest BCUT2D eigenvalue weighted by Crippen LogP contribution is 2.28. The molecule has 2 N–H and O–H groups in total. The van der Waals surface area contributed by atoms with E-state index in [1.807, 2.05) is 25.2 Å². The van der Waals surface area contributed by atoms with Crippen LogP contribution in [0.3, 0.4) is 0 Å². The van der Waals surface area contributed by atoms with Crippen molar-refractivity contribution in [3.05, 3.63) is 33.3 Å². The lowest BCUT2D eigenvalue weighted by molar-refractivity contribution is 0.881. The van der Waals surface area contributed by atoms with Crippen molar-refractivity contribution in [2.24, 2.45) is 0 Å². The molecule has 0 spiro atoms. The molecule has 0 aliphatic heterocycles. The Bertz CT molecular complexity index is 592. The zero-order valence-corrected chi connectivity index (χ0v) is 13.6. The van der Waals surface area contributed by atoms with Gasteiger partial charge in [-0.15, -0.1) is 11.3 Å². The number of nitrogens with one attached hydrogen (secondary N) is 2. The maximum absolute atomic E-state index is 4.53. The van der Waals surface area contributed by atoms with Gasteiger partial charge in [0, 0.05) is 21.9 Å². The lowest BCUT2D eigenvalue weighted by Gasteiger charge is -2.17. The van der Waals surface area contributed by atoms with Crippen LogP contribution in [0.15, 0.2) is 12.1 Å². The zero-order valence-electron chi connectivity index (χ0n) is 12.7. The summed E-state index contributed by atoms with van der Waals surface area (Å²) in [6, 6.07) is 4.57. The van der Waals surface area contributed by atoms with Crippen molar-refractivity contribution in [3.63, 3.8) is 0 Å². The van der Waals surface area contributed by atoms with Crippen LogP contribution in [0.2, 0.25) is 0 Å². The minimum atomic E-state index is 0.246. The van der Waals surface area contributed by atoms with Crippen molar-refractivity contribution in [3.8, 4) is 0 Å². The Hall–Kier alpha value is -1.62. The second kappa shape index (κ2) is 6.22. The summed E-state index contributed by atoms with van der Waals surface area (Å²) in [5.41, 5.74) is 1.07. The van der Waals surface area contributed by atoms with Gasteiger partial charge in [0.1, 0.15) is 17.5 Å². The summed E-state index contributed by atoms with van der Waals surface area (Å²) in [6.07, 6.45) is 0. The van der Waals surface area contributed by atoms with Crippen molar-refractivity contribution >= 4 is 23.0 Å². The Balaban J connectivity index is 2.24. The molecule has 20 heavy (non-hydrogen) atoms. The number of hydrogen-bond acceptors (Lipinski definition) is 5. The van der Waals surface area contributed by atoms with Crippen LogP contribution in [0.5, 0.6) is 0 Å². The fraction of sp³-hybridized carbons (Fsp3) is 0.467. The van der Waals surface area contributed by atoms with Crippen LogP contribution in [0.4, 0.5) is 11.6 Å². The molecule has 2 heterocycles. The number of aromatic nitrogens is 2. The summed E-state index contributed by atoms with van der Waals surface area (Å²) < 4.78 is 0. The summed E-state index contributed by atoms with van der Waals surface area (Å²) in [6.45, 7) is 11.2. The molecule has 108 valence electrons. The topological polar surface area (TPSA) is 49.8 Å². The number of thiophene rings is 1. The van der Waals surface area contributed by atoms with Crippen LogP contribution in [-0.4, -0.2) is 16.5 Å². The van der Waals surface area contributed by atoms with E-state index in [0.29, 0.717) is 0 Å². The van der Waals surface area contributed by atoms with Crippen molar-refractivity contribution in [2.75, 3.05) is 17.2 Å². The second-order valence-corrected chi connectivity index (χ2v) is 6.26. The third kappa shape index (κ3) is 3.28. The van der Waals surface area contributed by atoms with Crippen LogP contribution in [0.25, 0.3) is 0 Å². The molecule has 0 saturated carbocycles. The van der Waals surface area contributed by atoms with Gasteiger partial charge in [-0.05, 0) is 46.8 Å². The summed E-state index contributed by atoms with van der Waals surface area (Å²) >= 11 is 1.82. The standard InChI is InChI=1S/C15H22N4S/c1-6-16-14-10(3)15(19-12(5)18-14)17-11(4)13-8-7-9(2)20-13/h7-8,11H,6H2,1-5H3,(H2,16,17,18,19). The van der Waals surface area contributed by atoms with E-state index in [1.54, 1.807) is 0 Å². The Kier molecular flexibility index (Phi) is 4.60. The second-order valence-electron chi connectivity index (χ2n) is 4.94. The van der Waals surface area contributed by atoms with Gasteiger partial charge in [-0.3, -0.25) is 0 Å². The Labute approximate surface area is 124 Å². The predicted octanol–water partition coefficient (Wildman–Crippen LogP) is 4.07.